The lowest BCUT2D eigenvalue weighted by Crippen LogP contribution is -2.46. The fraction of sp³-hybridized carbons (Fsp3) is 0.468. The van der Waals surface area contributed by atoms with E-state index in [1.54, 1.807) is 67.4 Å². The topological polar surface area (TPSA) is 468 Å². The van der Waals surface area contributed by atoms with E-state index in [2.05, 4.69) is 30.9 Å². The van der Waals surface area contributed by atoms with Crippen LogP contribution in [0.15, 0.2) is 65.3 Å². The standard InChI is InChI=1S/C77H95ClN14O21S/c1-39(2)59(86-75(104)111-29-28-110-26-23-89-56(95)34-55(72(89)101)114-40(3)4)53(94)30-43(10-9-17-81-73(79)102)69(98)83-45-13-11-42(12-14-45)38-112-76(105)87(6)20-21-88(22-25-109-27-24-93)77(106)113-54-33-52-58(57-41(5)36-82-62(54)57)44(35-78)37-92(52)71(100)51-32-48-46-15-18-90(63(46)65(96)67(107-7)60(48)85-51)70(99)50-31-49-47-16-19-91(74(80)103)64(47)66(97)68(108-8)61(49)84-50/h11-14,31-34,36,39-40,43-44,54,58-59,82,84-85,93,96-97H,9-10,15-30,35,37-38H2,1-8H3,(H2,80,103)(H,83,98)(H,86,104)(H3,79,81,102)/t43-,44-,54?,58?,59+/m1/s1. The second-order valence-electron chi connectivity index (χ2n) is 28.7. The first-order chi connectivity index (χ1) is 54.6. The number of likely N-dealkylation sites (tertiary alicyclic amines) is 1. The average Bonchev–Trinajstić information content (AvgIpc) is 1.57. The van der Waals surface area contributed by atoms with Crippen LogP contribution in [-0.2, 0) is 62.3 Å². The molecule has 0 saturated carbocycles. The average molecular weight is 1620 g/mol. The molecule has 6 aromatic rings. The smallest absolute Gasteiger partial charge is 0.410 e. The summed E-state index contributed by atoms with van der Waals surface area (Å²) in [7, 11) is 4.18. The number of alkyl halides is 1. The third kappa shape index (κ3) is 18.1. The second kappa shape index (κ2) is 36.7. The number of methoxy groups -OCH3 is 2. The number of nitrogens with two attached hydrogens (primary N) is 2. The van der Waals surface area contributed by atoms with Crippen LogP contribution in [0, 0.1) is 24.7 Å². The number of aliphatic hydroxyl groups is 1. The lowest BCUT2D eigenvalue weighted by molar-refractivity contribution is -0.137. The number of likely N-dealkylation sites (N-methyl/N-ethyl adjacent to an activating group) is 1. The predicted octanol–water partition coefficient (Wildman–Crippen LogP) is 7.23. The first-order valence-electron chi connectivity index (χ1n) is 37.4. The Bertz CT molecular complexity index is 4770. The number of amides is 12. The summed E-state index contributed by atoms with van der Waals surface area (Å²) in [6.45, 7) is 8.78. The summed E-state index contributed by atoms with van der Waals surface area (Å²) in [6.07, 6.45) is 1.95. The number of benzene rings is 3. The van der Waals surface area contributed by atoms with Crippen LogP contribution in [0.5, 0.6) is 23.0 Å². The minimum atomic E-state index is -1.09. The summed E-state index contributed by atoms with van der Waals surface area (Å²) in [5.74, 6) is -5.48. The number of ketones is 1. The number of Topliss-reactive ketones (excluding diaryl/α,β-unsaturated/α-hetero) is 1. The number of H-pyrrole nitrogens is 3. The molecule has 12 amide bonds. The highest BCUT2D eigenvalue weighted by molar-refractivity contribution is 8.04. The minimum absolute atomic E-state index is 0.00176. The van der Waals surface area contributed by atoms with E-state index < -0.39 is 95.6 Å². The number of hydrogen-bond donors (Lipinski definition) is 11. The number of urea groups is 2. The maximum atomic E-state index is 15.2. The number of phenols is 2. The third-order valence-corrected chi connectivity index (χ3v) is 22.0. The quantitative estimate of drug-likeness (QED) is 0.00808. The summed E-state index contributed by atoms with van der Waals surface area (Å²) in [4.78, 5) is 166. The Kier molecular flexibility index (Phi) is 27.0. The van der Waals surface area contributed by atoms with Crippen molar-refractivity contribution < 1.29 is 101 Å². The van der Waals surface area contributed by atoms with Crippen LogP contribution in [0.3, 0.4) is 0 Å². The van der Waals surface area contributed by atoms with Crippen molar-refractivity contribution in [1.29, 1.82) is 0 Å². The molecular formula is C77H95ClN14O21S. The molecule has 3 aromatic heterocycles. The van der Waals surface area contributed by atoms with Crippen LogP contribution in [0.1, 0.15) is 113 Å². The van der Waals surface area contributed by atoms with Gasteiger partial charge in [-0.25, -0.2) is 24.0 Å². The number of fused-ring (bicyclic) bond motifs is 9. The van der Waals surface area contributed by atoms with E-state index in [0.29, 0.717) is 66.9 Å². The van der Waals surface area contributed by atoms with Gasteiger partial charge in [0.15, 0.2) is 34.9 Å². The number of alkyl carbamates (subject to hydrolysis) is 1. The second-order valence-corrected chi connectivity index (χ2v) is 30.6. The Balaban J connectivity index is 0.709. The highest BCUT2D eigenvalue weighted by Crippen LogP contribution is 2.54. The molecule has 0 spiro atoms. The van der Waals surface area contributed by atoms with Gasteiger partial charge in [-0.1, -0.05) is 39.8 Å². The van der Waals surface area contributed by atoms with Gasteiger partial charge in [0.25, 0.3) is 23.6 Å². The molecule has 7 heterocycles. The van der Waals surface area contributed by atoms with Crippen LogP contribution in [0.2, 0.25) is 0 Å². The summed E-state index contributed by atoms with van der Waals surface area (Å²) < 4.78 is 39.8. The highest BCUT2D eigenvalue weighted by Gasteiger charge is 2.48. The third-order valence-electron chi connectivity index (χ3n) is 20.5. The van der Waals surface area contributed by atoms with Gasteiger partial charge in [-0.2, -0.15) is 0 Å². The van der Waals surface area contributed by atoms with Crippen LogP contribution in [0.25, 0.3) is 21.8 Å². The Morgan fingerprint density at radius 2 is 1.43 bits per heavy atom. The van der Waals surface area contributed by atoms with Crippen molar-refractivity contribution in [2.45, 2.75) is 96.6 Å². The number of carbonyl (C=O) groups excluding carboxylic acids is 11. The number of aliphatic hydroxyl groups excluding tert-OH is 1. The summed E-state index contributed by atoms with van der Waals surface area (Å²) in [6, 6.07) is 7.07. The molecule has 35 nitrogen and oxygen atoms in total. The maximum Gasteiger partial charge on any atom is 0.410 e. The largest absolute Gasteiger partial charge is 0.503 e. The molecule has 3 aromatic carbocycles. The molecule has 114 heavy (non-hydrogen) atoms. The number of allylic oxidation sites excluding steroid dienone is 1. The number of imide groups is 1. The molecular weight excluding hydrogens is 1520 g/mol. The van der Waals surface area contributed by atoms with Crippen LogP contribution in [-0.4, -0.2) is 246 Å². The van der Waals surface area contributed by atoms with Crippen LogP contribution < -0.4 is 46.7 Å². The number of anilines is 3. The Labute approximate surface area is 664 Å². The predicted molar refractivity (Wildman–Crippen MR) is 419 cm³/mol. The molecule has 1 saturated heterocycles. The number of rotatable bonds is 35. The normalized spacial score (nSPS) is 16.6. The molecule has 612 valence electrons. The van der Waals surface area contributed by atoms with Gasteiger partial charge in [-0.3, -0.25) is 38.6 Å². The number of halogens is 1. The molecule has 1 fully saturated rings. The van der Waals surface area contributed by atoms with Gasteiger partial charge in [0.05, 0.1) is 92.8 Å². The Morgan fingerprint density at radius 3 is 2.04 bits per heavy atom. The summed E-state index contributed by atoms with van der Waals surface area (Å²) in [5, 5.41) is 41.9. The highest BCUT2D eigenvalue weighted by atomic mass is 35.5. The number of thioether (sulfide) groups is 1. The van der Waals surface area contributed by atoms with Gasteiger partial charge in [-0.05, 0) is 96.7 Å². The summed E-state index contributed by atoms with van der Waals surface area (Å²) >= 11 is 8.06. The van der Waals surface area contributed by atoms with E-state index in [-0.39, 0.29) is 187 Å². The van der Waals surface area contributed by atoms with Crippen LogP contribution in [0.4, 0.5) is 41.0 Å². The number of ether oxygens (including phenoxy) is 7. The fourth-order valence-corrected chi connectivity index (χ4v) is 16.2. The van der Waals surface area contributed by atoms with E-state index in [9.17, 15) is 63.3 Å². The SMILES string of the molecule is COc1c(O)c2c(c3cc(C(=O)N4CCc5c4c(O)c(OC)c4[nH]c(C(=O)N6C[C@@H](CCl)C7C6=CC(OC(=O)N(CCOCCO)CCN(C)C(=O)OCc6ccc(NC(=O)[C@H](CCCNC(N)=O)CC(=O)[C@@H](NC(=O)OCCOCCN8C(=O)C=C(SC(C)C)C8=O)C(C)C)cc6)c6[nH]cc(C)c67)cc54)[nH]c13)CCN2C(N)=O. The first kappa shape index (κ1) is 83.7. The van der Waals surface area contributed by atoms with Crippen molar-refractivity contribution in [3.63, 3.8) is 0 Å². The number of carbonyl (C=O) groups is 11. The number of aromatic hydroxyl groups is 2. The van der Waals surface area contributed by atoms with Crippen molar-refractivity contribution in [2.75, 3.05) is 134 Å². The van der Waals surface area contributed by atoms with E-state index in [1.165, 1.54) is 58.7 Å². The van der Waals surface area contributed by atoms with Gasteiger partial charge in [-0.15, -0.1) is 23.4 Å². The number of nitrogens with one attached hydrogen (secondary N) is 6. The zero-order chi connectivity index (χ0) is 82.1. The van der Waals surface area contributed by atoms with Crippen molar-refractivity contribution >= 4 is 128 Å². The van der Waals surface area contributed by atoms with Gasteiger partial charge in [0, 0.05) is 123 Å². The van der Waals surface area contributed by atoms with Gasteiger partial charge in [0.1, 0.15) is 24.6 Å². The summed E-state index contributed by atoms with van der Waals surface area (Å²) in [5.41, 5.74) is 16.8. The minimum Gasteiger partial charge on any atom is -0.503 e. The maximum absolute atomic E-state index is 15.2. The van der Waals surface area contributed by atoms with Crippen molar-refractivity contribution in [3.8, 4) is 23.0 Å². The molecule has 13 N–H and O–H groups in total. The molecule has 5 aliphatic rings. The first-order valence-corrected chi connectivity index (χ1v) is 38.8. The van der Waals surface area contributed by atoms with Crippen LogP contribution >= 0.6 is 23.4 Å². The molecule has 37 heteroatoms. The van der Waals surface area contributed by atoms with Crippen molar-refractivity contribution in [2.24, 2.45) is 29.2 Å². The number of hydrogen-bond acceptors (Lipinski definition) is 22. The Morgan fingerprint density at radius 1 is 0.789 bits per heavy atom. The Hall–Kier alpha value is -11.2. The number of phenolic OH excluding ortho intramolecular Hbond substituents is 2. The van der Waals surface area contributed by atoms with Crippen molar-refractivity contribution in [3.05, 3.63) is 110 Å². The number of aryl methyl sites for hydroxylation is 1. The molecule has 11 rings (SSSR count). The number of aromatic amines is 3. The fourth-order valence-electron chi connectivity index (χ4n) is 15.0. The molecule has 1 aliphatic carbocycles. The number of aromatic nitrogens is 3. The lowest BCUT2D eigenvalue weighted by atomic mass is 9.81. The van der Waals surface area contributed by atoms with Gasteiger partial charge < -0.3 is 110 Å². The molecule has 5 atom stereocenters. The van der Waals surface area contributed by atoms with Crippen molar-refractivity contribution in [1.82, 2.24) is 45.2 Å². The zero-order valence-corrected chi connectivity index (χ0v) is 66.0. The lowest BCUT2D eigenvalue weighted by Gasteiger charge is -2.31. The van der Waals surface area contributed by atoms with Gasteiger partial charge >= 0.3 is 30.3 Å². The van der Waals surface area contributed by atoms with Gasteiger partial charge in [0.2, 0.25) is 5.91 Å². The number of nitrogens with zero attached hydrogens (tertiary/aromatic N) is 6. The molecule has 2 unspecified atom stereocenters. The molecule has 0 bridgehead atoms. The van der Waals surface area contributed by atoms with E-state index in [4.69, 9.17) is 56.2 Å². The zero-order valence-electron chi connectivity index (χ0n) is 64.4. The van der Waals surface area contributed by atoms with E-state index in [0.717, 1.165) is 16.0 Å². The number of primary amides is 2. The molecule has 4 aliphatic heterocycles. The van der Waals surface area contributed by atoms with E-state index >= 15 is 4.79 Å². The molecule has 0 radical (unpaired) electrons. The van der Waals surface area contributed by atoms with E-state index in [1.807, 2.05) is 20.8 Å². The monoisotopic (exact) mass is 1620 g/mol.